The summed E-state index contributed by atoms with van der Waals surface area (Å²) in [6.45, 7) is 7.01. The fraction of sp³-hybridized carbons (Fsp3) is 0.562. The Balaban J connectivity index is 2.19. The van der Waals surface area contributed by atoms with Crippen LogP contribution >= 0.6 is 0 Å². The van der Waals surface area contributed by atoms with Gasteiger partial charge in [-0.05, 0) is 56.0 Å². The molecule has 1 aliphatic rings. The summed E-state index contributed by atoms with van der Waals surface area (Å²) >= 11 is 0. The van der Waals surface area contributed by atoms with Crippen LogP contribution in [0.15, 0.2) is 18.2 Å². The Hall–Kier alpha value is -1.55. The van der Waals surface area contributed by atoms with Crippen LogP contribution in [0.2, 0.25) is 0 Å². The van der Waals surface area contributed by atoms with Crippen LogP contribution in [0.1, 0.15) is 37.3 Å². The maximum absolute atomic E-state index is 11.6. The predicted molar refractivity (Wildman–Crippen MR) is 82.7 cm³/mol. The second kappa shape index (κ2) is 6.75. The second-order valence-corrected chi connectivity index (χ2v) is 5.50. The first kappa shape index (κ1) is 14.9. The summed E-state index contributed by atoms with van der Waals surface area (Å²) in [4.78, 5) is 13.8. The third kappa shape index (κ3) is 3.31. The number of benzene rings is 1. The highest BCUT2D eigenvalue weighted by Gasteiger charge is 2.27. The Bertz CT molecular complexity index is 473. The van der Waals surface area contributed by atoms with Crippen molar-refractivity contribution in [2.45, 2.75) is 45.7 Å². The number of nitrogens with zero attached hydrogens (tertiary/aromatic N) is 1. The molecule has 1 heterocycles. The zero-order valence-electron chi connectivity index (χ0n) is 12.5. The number of piperidine rings is 1. The van der Waals surface area contributed by atoms with Crippen LogP contribution in [0, 0.1) is 6.92 Å². The third-order valence-electron chi connectivity index (χ3n) is 4.05. The first-order valence-electron chi connectivity index (χ1n) is 7.49. The van der Waals surface area contributed by atoms with Gasteiger partial charge < -0.3 is 16.0 Å². The van der Waals surface area contributed by atoms with Gasteiger partial charge in [0, 0.05) is 18.8 Å². The van der Waals surface area contributed by atoms with Gasteiger partial charge >= 0.3 is 0 Å². The van der Waals surface area contributed by atoms with Gasteiger partial charge in [0.1, 0.15) is 6.04 Å². The largest absolute Gasteiger partial charge is 0.368 e. The SMILES string of the molecule is CCNCc1ccc(N2CCCCC2C(N)=O)cc1C. The highest BCUT2D eigenvalue weighted by atomic mass is 16.1. The lowest BCUT2D eigenvalue weighted by atomic mass is 9.99. The molecule has 1 unspecified atom stereocenters. The molecule has 20 heavy (non-hydrogen) atoms. The molecule has 1 saturated heterocycles. The Labute approximate surface area is 121 Å². The van der Waals surface area contributed by atoms with Crippen LogP contribution in [-0.4, -0.2) is 25.0 Å². The molecule has 0 radical (unpaired) electrons. The fourth-order valence-electron chi connectivity index (χ4n) is 2.85. The van der Waals surface area contributed by atoms with Crippen molar-refractivity contribution in [2.24, 2.45) is 5.73 Å². The van der Waals surface area contributed by atoms with Crippen LogP contribution < -0.4 is 16.0 Å². The molecule has 1 atom stereocenters. The second-order valence-electron chi connectivity index (χ2n) is 5.50. The Morgan fingerprint density at radius 3 is 2.90 bits per heavy atom. The van der Waals surface area contributed by atoms with Gasteiger partial charge in [0.05, 0.1) is 0 Å². The van der Waals surface area contributed by atoms with E-state index in [0.29, 0.717) is 0 Å². The van der Waals surface area contributed by atoms with Crippen molar-refractivity contribution in [3.63, 3.8) is 0 Å². The Morgan fingerprint density at radius 2 is 2.25 bits per heavy atom. The smallest absolute Gasteiger partial charge is 0.240 e. The van der Waals surface area contributed by atoms with E-state index in [1.165, 1.54) is 11.1 Å². The van der Waals surface area contributed by atoms with E-state index >= 15 is 0 Å². The Morgan fingerprint density at radius 1 is 1.45 bits per heavy atom. The zero-order valence-corrected chi connectivity index (χ0v) is 12.5. The predicted octanol–water partition coefficient (Wildman–Crippen LogP) is 1.95. The van der Waals surface area contributed by atoms with Gasteiger partial charge in [-0.2, -0.15) is 0 Å². The van der Waals surface area contributed by atoms with Crippen LogP contribution in [0.5, 0.6) is 0 Å². The summed E-state index contributed by atoms with van der Waals surface area (Å²) in [5.41, 5.74) is 9.22. The standard InChI is InChI=1S/C16H25N3O/c1-3-18-11-13-7-8-14(10-12(13)2)19-9-5-4-6-15(19)16(17)20/h7-8,10,15,18H,3-6,9,11H2,1-2H3,(H2,17,20). The van der Waals surface area contributed by atoms with E-state index in [1.54, 1.807) is 0 Å². The molecule has 0 aromatic heterocycles. The lowest BCUT2D eigenvalue weighted by Crippen LogP contribution is -2.47. The van der Waals surface area contributed by atoms with Crippen molar-refractivity contribution in [1.82, 2.24) is 5.32 Å². The number of hydrogen-bond donors (Lipinski definition) is 2. The van der Waals surface area contributed by atoms with E-state index in [-0.39, 0.29) is 11.9 Å². The number of primary amides is 1. The Kier molecular flexibility index (Phi) is 5.01. The number of rotatable bonds is 5. The molecule has 4 nitrogen and oxygen atoms in total. The highest BCUT2D eigenvalue weighted by Crippen LogP contribution is 2.26. The van der Waals surface area contributed by atoms with Crippen molar-refractivity contribution in [3.05, 3.63) is 29.3 Å². The molecule has 1 fully saturated rings. The van der Waals surface area contributed by atoms with Gasteiger partial charge in [-0.3, -0.25) is 4.79 Å². The minimum absolute atomic E-state index is 0.150. The first-order valence-corrected chi connectivity index (χ1v) is 7.49. The molecule has 0 aliphatic carbocycles. The van der Waals surface area contributed by atoms with Crippen molar-refractivity contribution >= 4 is 11.6 Å². The molecular formula is C16H25N3O. The highest BCUT2D eigenvalue weighted by molar-refractivity contribution is 5.84. The van der Waals surface area contributed by atoms with E-state index < -0.39 is 0 Å². The minimum Gasteiger partial charge on any atom is -0.368 e. The molecule has 4 heteroatoms. The summed E-state index contributed by atoms with van der Waals surface area (Å²) in [5.74, 6) is -0.209. The van der Waals surface area contributed by atoms with Gasteiger partial charge in [0.15, 0.2) is 0 Å². The van der Waals surface area contributed by atoms with Crippen molar-refractivity contribution in [1.29, 1.82) is 0 Å². The summed E-state index contributed by atoms with van der Waals surface area (Å²) < 4.78 is 0. The lowest BCUT2D eigenvalue weighted by Gasteiger charge is -2.36. The van der Waals surface area contributed by atoms with E-state index in [0.717, 1.165) is 44.6 Å². The number of carbonyl (C=O) groups excluding carboxylic acids is 1. The molecule has 1 aromatic rings. The van der Waals surface area contributed by atoms with Crippen LogP contribution in [0.25, 0.3) is 0 Å². The van der Waals surface area contributed by atoms with E-state index in [9.17, 15) is 4.79 Å². The topological polar surface area (TPSA) is 58.4 Å². The zero-order chi connectivity index (χ0) is 14.5. The molecular weight excluding hydrogens is 250 g/mol. The molecule has 1 amide bonds. The molecule has 2 rings (SSSR count). The molecule has 110 valence electrons. The van der Waals surface area contributed by atoms with E-state index in [2.05, 4.69) is 42.3 Å². The van der Waals surface area contributed by atoms with Gasteiger partial charge in [-0.25, -0.2) is 0 Å². The minimum atomic E-state index is -0.209. The van der Waals surface area contributed by atoms with Crippen LogP contribution in [0.3, 0.4) is 0 Å². The summed E-state index contributed by atoms with van der Waals surface area (Å²) in [5, 5.41) is 3.34. The molecule has 0 bridgehead atoms. The fourth-order valence-corrected chi connectivity index (χ4v) is 2.85. The van der Waals surface area contributed by atoms with Crippen molar-refractivity contribution < 1.29 is 4.79 Å². The summed E-state index contributed by atoms with van der Waals surface area (Å²) in [6, 6.07) is 6.29. The number of hydrogen-bond acceptors (Lipinski definition) is 3. The monoisotopic (exact) mass is 275 g/mol. The number of carbonyl (C=O) groups is 1. The molecule has 1 aliphatic heterocycles. The maximum Gasteiger partial charge on any atom is 0.240 e. The molecule has 3 N–H and O–H groups in total. The van der Waals surface area contributed by atoms with Crippen molar-refractivity contribution in [2.75, 3.05) is 18.0 Å². The van der Waals surface area contributed by atoms with Gasteiger partial charge in [0.2, 0.25) is 5.91 Å². The van der Waals surface area contributed by atoms with E-state index in [1.807, 2.05) is 0 Å². The number of anilines is 1. The van der Waals surface area contributed by atoms with Crippen molar-refractivity contribution in [3.8, 4) is 0 Å². The van der Waals surface area contributed by atoms with Crippen LogP contribution in [0.4, 0.5) is 5.69 Å². The summed E-state index contributed by atoms with van der Waals surface area (Å²) in [6.07, 6.45) is 3.08. The normalized spacial score (nSPS) is 19.1. The maximum atomic E-state index is 11.6. The number of amides is 1. The van der Waals surface area contributed by atoms with Gasteiger partial charge in [-0.15, -0.1) is 0 Å². The molecule has 1 aromatic carbocycles. The summed E-state index contributed by atoms with van der Waals surface area (Å²) in [7, 11) is 0. The quantitative estimate of drug-likeness (QED) is 0.863. The number of nitrogens with two attached hydrogens (primary N) is 1. The van der Waals surface area contributed by atoms with Gasteiger partial charge in [-0.1, -0.05) is 13.0 Å². The lowest BCUT2D eigenvalue weighted by molar-refractivity contribution is -0.119. The molecule has 0 saturated carbocycles. The average Bonchev–Trinajstić information content (AvgIpc) is 2.46. The third-order valence-corrected chi connectivity index (χ3v) is 4.05. The van der Waals surface area contributed by atoms with Crippen LogP contribution in [-0.2, 0) is 11.3 Å². The first-order chi connectivity index (χ1) is 9.63. The number of aryl methyl sites for hydroxylation is 1. The van der Waals surface area contributed by atoms with E-state index in [4.69, 9.17) is 5.73 Å². The average molecular weight is 275 g/mol. The molecule has 0 spiro atoms. The number of nitrogens with one attached hydrogen (secondary N) is 1. The van der Waals surface area contributed by atoms with Gasteiger partial charge in [0.25, 0.3) is 0 Å².